The van der Waals surface area contributed by atoms with Crippen LogP contribution in [0.1, 0.15) is 27.9 Å². The van der Waals surface area contributed by atoms with Crippen LogP contribution in [-0.4, -0.2) is 15.7 Å². The van der Waals surface area contributed by atoms with E-state index in [2.05, 4.69) is 42.5 Å². The van der Waals surface area contributed by atoms with Crippen molar-refractivity contribution in [1.29, 1.82) is 5.26 Å². The van der Waals surface area contributed by atoms with Gasteiger partial charge in [-0.05, 0) is 74.7 Å². The Morgan fingerprint density at radius 1 is 1.13 bits per heavy atom. The van der Waals surface area contributed by atoms with Crippen molar-refractivity contribution in [1.82, 2.24) is 9.78 Å². The van der Waals surface area contributed by atoms with E-state index in [4.69, 9.17) is 0 Å². The van der Waals surface area contributed by atoms with E-state index in [1.807, 2.05) is 30.3 Å². The fraction of sp³-hybridized carbons (Fsp3) is 0.217. The monoisotopic (exact) mass is 418 g/mol. The molecule has 0 aliphatic rings. The van der Waals surface area contributed by atoms with Crippen LogP contribution >= 0.6 is 11.8 Å². The maximum Gasteiger partial charge on any atom is 0.285 e. The molecule has 30 heavy (non-hydrogen) atoms. The fourth-order valence-corrected chi connectivity index (χ4v) is 3.90. The molecule has 7 heteroatoms. The van der Waals surface area contributed by atoms with Crippen LogP contribution in [0, 0.1) is 39.0 Å². The molecule has 1 aromatic heterocycles. The van der Waals surface area contributed by atoms with Gasteiger partial charge in [0.25, 0.3) is 5.56 Å². The molecule has 3 aromatic rings. The molecule has 0 saturated heterocycles. The first kappa shape index (κ1) is 21.3. The van der Waals surface area contributed by atoms with Gasteiger partial charge in [-0.1, -0.05) is 23.9 Å². The smallest absolute Gasteiger partial charge is 0.285 e. The van der Waals surface area contributed by atoms with Crippen molar-refractivity contribution in [2.24, 2.45) is 0 Å². The number of hydrogen-bond donors (Lipinski definition) is 1. The molecule has 0 atom stereocenters. The van der Waals surface area contributed by atoms with Gasteiger partial charge < -0.3 is 5.32 Å². The minimum absolute atomic E-state index is 0.0168. The van der Waals surface area contributed by atoms with E-state index in [0.717, 1.165) is 9.58 Å². The lowest BCUT2D eigenvalue weighted by Gasteiger charge is -2.10. The highest BCUT2D eigenvalue weighted by Crippen LogP contribution is 2.31. The Balaban J connectivity index is 1.70. The summed E-state index contributed by atoms with van der Waals surface area (Å²) in [5.41, 5.74) is 3.59. The lowest BCUT2D eigenvalue weighted by molar-refractivity contribution is -0.117. The van der Waals surface area contributed by atoms with Crippen molar-refractivity contribution in [2.45, 2.75) is 44.0 Å². The Hall–Kier alpha value is -3.37. The van der Waals surface area contributed by atoms with Gasteiger partial charge in [-0.2, -0.15) is 10.4 Å². The van der Waals surface area contributed by atoms with Crippen LogP contribution < -0.4 is 10.9 Å². The van der Waals surface area contributed by atoms with Crippen molar-refractivity contribution >= 4 is 23.4 Å². The first-order valence-corrected chi connectivity index (χ1v) is 10.2. The highest BCUT2D eigenvalue weighted by molar-refractivity contribution is 7.99. The summed E-state index contributed by atoms with van der Waals surface area (Å²) in [6.07, 6.45) is 0. The molecule has 6 nitrogen and oxygen atoms in total. The van der Waals surface area contributed by atoms with Crippen LogP contribution in [0.2, 0.25) is 0 Å². The highest BCUT2D eigenvalue weighted by Gasteiger charge is 2.14. The summed E-state index contributed by atoms with van der Waals surface area (Å²) < 4.78 is 1.03. The van der Waals surface area contributed by atoms with Crippen molar-refractivity contribution < 1.29 is 4.79 Å². The Labute approximate surface area is 179 Å². The molecule has 2 aromatic carbocycles. The van der Waals surface area contributed by atoms with E-state index in [0.29, 0.717) is 16.9 Å². The summed E-state index contributed by atoms with van der Waals surface area (Å²) in [7, 11) is 0. The molecule has 0 fully saturated rings. The standard InChI is InChI=1S/C23H22N4O2S/c1-14-5-6-15(2)21(11-14)30-19-9-7-18(8-10-19)25-22(28)13-27-23(29)20(12-24)16(3)17(4)26-27/h5-11H,13H2,1-4H3,(H,25,28). The molecule has 1 heterocycles. The van der Waals surface area contributed by atoms with Gasteiger partial charge in [-0.25, -0.2) is 4.68 Å². The topological polar surface area (TPSA) is 87.8 Å². The van der Waals surface area contributed by atoms with Crippen molar-refractivity contribution in [3.8, 4) is 6.07 Å². The van der Waals surface area contributed by atoms with E-state index in [9.17, 15) is 14.9 Å². The molecule has 0 bridgehead atoms. The number of rotatable bonds is 5. The zero-order valence-corrected chi connectivity index (χ0v) is 18.1. The average Bonchev–Trinajstić information content (AvgIpc) is 2.71. The van der Waals surface area contributed by atoms with Gasteiger partial charge in [0, 0.05) is 15.5 Å². The molecule has 1 N–H and O–H groups in total. The summed E-state index contributed by atoms with van der Waals surface area (Å²) in [5.74, 6) is -0.383. The zero-order valence-electron chi connectivity index (χ0n) is 17.3. The number of carbonyl (C=O) groups excluding carboxylic acids is 1. The third-order valence-electron chi connectivity index (χ3n) is 4.75. The van der Waals surface area contributed by atoms with E-state index >= 15 is 0 Å². The van der Waals surface area contributed by atoms with Gasteiger partial charge in [0.1, 0.15) is 18.2 Å². The number of nitriles is 1. The maximum absolute atomic E-state index is 12.4. The van der Waals surface area contributed by atoms with Crippen LogP contribution in [0.5, 0.6) is 0 Å². The first-order valence-electron chi connectivity index (χ1n) is 9.42. The predicted molar refractivity (Wildman–Crippen MR) is 118 cm³/mol. The van der Waals surface area contributed by atoms with Crippen molar-refractivity contribution in [3.05, 3.63) is 80.8 Å². The molecule has 3 rings (SSSR count). The van der Waals surface area contributed by atoms with Crippen LogP contribution in [0.3, 0.4) is 0 Å². The molecule has 0 aliphatic heterocycles. The van der Waals surface area contributed by atoms with E-state index < -0.39 is 5.56 Å². The number of hydrogen-bond acceptors (Lipinski definition) is 5. The van der Waals surface area contributed by atoms with E-state index in [1.54, 1.807) is 25.6 Å². The normalized spacial score (nSPS) is 10.5. The Bertz CT molecular complexity index is 1210. The molecular weight excluding hydrogens is 396 g/mol. The Morgan fingerprint density at radius 3 is 2.50 bits per heavy atom. The van der Waals surface area contributed by atoms with Crippen LogP contribution in [0.15, 0.2) is 57.1 Å². The fourth-order valence-electron chi connectivity index (χ4n) is 2.90. The number of aryl methyl sites for hydroxylation is 3. The summed E-state index contributed by atoms with van der Waals surface area (Å²) in [4.78, 5) is 27.0. The third kappa shape index (κ3) is 4.78. The number of nitrogens with zero attached hydrogens (tertiary/aromatic N) is 3. The first-order chi connectivity index (χ1) is 14.3. The van der Waals surface area contributed by atoms with Crippen LogP contribution in [-0.2, 0) is 11.3 Å². The lowest BCUT2D eigenvalue weighted by atomic mass is 10.1. The minimum Gasteiger partial charge on any atom is -0.324 e. The predicted octanol–water partition coefficient (Wildman–Crippen LogP) is 4.14. The molecule has 0 radical (unpaired) electrons. The summed E-state index contributed by atoms with van der Waals surface area (Å²) in [6, 6.07) is 15.8. The SMILES string of the molecule is Cc1ccc(C)c(Sc2ccc(NC(=O)Cn3nc(C)c(C)c(C#N)c3=O)cc2)c1. The Morgan fingerprint density at radius 2 is 1.83 bits per heavy atom. The van der Waals surface area contributed by atoms with Crippen molar-refractivity contribution in [3.63, 3.8) is 0 Å². The molecule has 152 valence electrons. The second kappa shape index (κ2) is 8.97. The van der Waals surface area contributed by atoms with Gasteiger partial charge in [0.05, 0.1) is 5.69 Å². The van der Waals surface area contributed by atoms with Crippen LogP contribution in [0.4, 0.5) is 5.69 Å². The van der Waals surface area contributed by atoms with E-state index in [1.165, 1.54) is 16.0 Å². The van der Waals surface area contributed by atoms with Gasteiger partial charge in [0.15, 0.2) is 0 Å². The summed E-state index contributed by atoms with van der Waals surface area (Å²) in [5, 5.41) is 16.1. The van der Waals surface area contributed by atoms with E-state index in [-0.39, 0.29) is 18.0 Å². The number of carbonyl (C=O) groups is 1. The Kier molecular flexibility index (Phi) is 6.38. The number of amides is 1. The number of aromatic nitrogens is 2. The van der Waals surface area contributed by atoms with Gasteiger partial charge in [-0.3, -0.25) is 9.59 Å². The second-order valence-electron chi connectivity index (χ2n) is 7.10. The number of anilines is 1. The molecule has 1 amide bonds. The quantitative estimate of drug-likeness (QED) is 0.673. The summed E-state index contributed by atoms with van der Waals surface area (Å²) in [6.45, 7) is 7.27. The number of nitrogens with one attached hydrogen (secondary N) is 1. The zero-order chi connectivity index (χ0) is 21.8. The molecule has 0 aliphatic carbocycles. The average molecular weight is 419 g/mol. The molecule has 0 saturated carbocycles. The highest BCUT2D eigenvalue weighted by atomic mass is 32.2. The molecule has 0 spiro atoms. The largest absolute Gasteiger partial charge is 0.324 e. The summed E-state index contributed by atoms with van der Waals surface area (Å²) >= 11 is 1.67. The lowest BCUT2D eigenvalue weighted by Crippen LogP contribution is -2.32. The molecule has 0 unspecified atom stereocenters. The van der Waals surface area contributed by atoms with Crippen LogP contribution in [0.25, 0.3) is 0 Å². The van der Waals surface area contributed by atoms with Crippen molar-refractivity contribution in [2.75, 3.05) is 5.32 Å². The third-order valence-corrected chi connectivity index (χ3v) is 5.92. The minimum atomic E-state index is -0.559. The van der Waals surface area contributed by atoms with Gasteiger partial charge in [-0.15, -0.1) is 0 Å². The van der Waals surface area contributed by atoms with Gasteiger partial charge in [0.2, 0.25) is 5.91 Å². The molecular formula is C23H22N4O2S. The maximum atomic E-state index is 12.4. The second-order valence-corrected chi connectivity index (χ2v) is 8.22. The van der Waals surface area contributed by atoms with Gasteiger partial charge >= 0.3 is 0 Å². The number of benzene rings is 2.